The van der Waals surface area contributed by atoms with Crippen molar-refractivity contribution in [3.63, 3.8) is 0 Å². The van der Waals surface area contributed by atoms with Crippen LogP contribution in [-0.4, -0.2) is 33.2 Å². The Kier molecular flexibility index (Phi) is 5.93. The van der Waals surface area contributed by atoms with E-state index < -0.39 is 34.3 Å². The van der Waals surface area contributed by atoms with E-state index in [1.165, 1.54) is 30.3 Å². The van der Waals surface area contributed by atoms with Crippen LogP contribution >= 0.6 is 0 Å². The molecule has 0 aromatic heterocycles. The summed E-state index contributed by atoms with van der Waals surface area (Å²) in [4.78, 5) is 23.9. The quantitative estimate of drug-likeness (QED) is 0.749. The van der Waals surface area contributed by atoms with Gasteiger partial charge in [-0.3, -0.25) is 9.52 Å². The number of nitrogens with one attached hydrogen (secondary N) is 2. The molecule has 0 bridgehead atoms. The first-order valence-corrected chi connectivity index (χ1v) is 9.35. The van der Waals surface area contributed by atoms with Crippen LogP contribution in [0.25, 0.3) is 0 Å². The Morgan fingerprint density at radius 2 is 1.85 bits per heavy atom. The maximum atomic E-state index is 13.5. The molecule has 9 heteroatoms. The molecule has 0 saturated heterocycles. The number of rotatable bonds is 6. The molecular formula is C17H17FN2O5S. The highest BCUT2D eigenvalue weighted by Gasteiger charge is 2.16. The first kappa shape index (κ1) is 19.4. The maximum Gasteiger partial charge on any atom is 0.340 e. The molecule has 0 spiro atoms. The average Bonchev–Trinajstić information content (AvgIpc) is 2.55. The van der Waals surface area contributed by atoms with Crippen LogP contribution in [0.1, 0.15) is 15.9 Å². The van der Waals surface area contributed by atoms with Crippen LogP contribution < -0.4 is 10.0 Å². The smallest absolute Gasteiger partial charge is 0.340 e. The SMILES string of the molecule is Cc1ccc(NC(=O)COC(=O)c2ccccc2NS(C)(=O)=O)cc1F. The Balaban J connectivity index is 2.00. The third-order valence-electron chi connectivity index (χ3n) is 3.23. The zero-order valence-electron chi connectivity index (χ0n) is 14.1. The Hall–Kier alpha value is -2.94. The van der Waals surface area contributed by atoms with E-state index in [1.807, 2.05) is 0 Å². The van der Waals surface area contributed by atoms with Crippen LogP contribution in [0.4, 0.5) is 15.8 Å². The summed E-state index contributed by atoms with van der Waals surface area (Å²) >= 11 is 0. The first-order valence-electron chi connectivity index (χ1n) is 7.45. The molecule has 2 N–H and O–H groups in total. The van der Waals surface area contributed by atoms with E-state index in [1.54, 1.807) is 13.0 Å². The van der Waals surface area contributed by atoms with E-state index in [4.69, 9.17) is 4.74 Å². The van der Waals surface area contributed by atoms with Gasteiger partial charge in [0.1, 0.15) is 5.82 Å². The number of carbonyl (C=O) groups excluding carboxylic acids is 2. The number of benzene rings is 2. The van der Waals surface area contributed by atoms with Gasteiger partial charge in [0.25, 0.3) is 5.91 Å². The van der Waals surface area contributed by atoms with Gasteiger partial charge >= 0.3 is 5.97 Å². The van der Waals surface area contributed by atoms with Crippen LogP contribution in [0.5, 0.6) is 0 Å². The molecule has 0 heterocycles. The van der Waals surface area contributed by atoms with E-state index in [0.717, 1.165) is 12.3 Å². The summed E-state index contributed by atoms with van der Waals surface area (Å²) < 4.78 is 43.2. The van der Waals surface area contributed by atoms with E-state index >= 15 is 0 Å². The van der Waals surface area contributed by atoms with Gasteiger partial charge in [0.2, 0.25) is 10.0 Å². The summed E-state index contributed by atoms with van der Waals surface area (Å²) in [5.41, 5.74) is 0.672. The van der Waals surface area contributed by atoms with Gasteiger partial charge in [0.05, 0.1) is 17.5 Å². The number of hydrogen-bond acceptors (Lipinski definition) is 5. The van der Waals surface area contributed by atoms with Crippen molar-refractivity contribution in [1.82, 2.24) is 0 Å². The van der Waals surface area contributed by atoms with Crippen molar-refractivity contribution in [1.29, 1.82) is 0 Å². The lowest BCUT2D eigenvalue weighted by Crippen LogP contribution is -2.22. The molecule has 26 heavy (non-hydrogen) atoms. The molecule has 0 radical (unpaired) electrons. The molecule has 0 fully saturated rings. The minimum absolute atomic E-state index is 0.0351. The first-order chi connectivity index (χ1) is 12.2. The van der Waals surface area contributed by atoms with Crippen molar-refractivity contribution in [2.45, 2.75) is 6.92 Å². The minimum Gasteiger partial charge on any atom is -0.452 e. The van der Waals surface area contributed by atoms with E-state index in [-0.39, 0.29) is 16.9 Å². The van der Waals surface area contributed by atoms with Crippen molar-refractivity contribution in [2.75, 3.05) is 22.9 Å². The largest absolute Gasteiger partial charge is 0.452 e. The lowest BCUT2D eigenvalue weighted by Gasteiger charge is -2.11. The van der Waals surface area contributed by atoms with Gasteiger partial charge in [-0.1, -0.05) is 18.2 Å². The molecule has 0 saturated carbocycles. The maximum absolute atomic E-state index is 13.5. The van der Waals surface area contributed by atoms with Crippen molar-refractivity contribution >= 4 is 33.3 Å². The van der Waals surface area contributed by atoms with Gasteiger partial charge in [-0.2, -0.15) is 0 Å². The highest BCUT2D eigenvalue weighted by molar-refractivity contribution is 7.92. The fourth-order valence-electron chi connectivity index (χ4n) is 2.03. The molecule has 0 aliphatic rings. The van der Waals surface area contributed by atoms with E-state index in [2.05, 4.69) is 10.0 Å². The molecule has 0 atom stereocenters. The lowest BCUT2D eigenvalue weighted by atomic mass is 10.2. The molecule has 7 nitrogen and oxygen atoms in total. The van der Waals surface area contributed by atoms with Gasteiger partial charge in [-0.05, 0) is 36.8 Å². The molecule has 0 aliphatic heterocycles. The zero-order valence-corrected chi connectivity index (χ0v) is 14.9. The predicted molar refractivity (Wildman–Crippen MR) is 95.0 cm³/mol. The number of anilines is 2. The summed E-state index contributed by atoms with van der Waals surface area (Å²) in [7, 11) is -3.59. The standard InChI is InChI=1S/C17H17FN2O5S/c1-11-7-8-12(9-14(11)18)19-16(21)10-25-17(22)13-5-3-4-6-15(13)20-26(2,23)24/h3-9,20H,10H2,1-2H3,(H,19,21). The normalized spacial score (nSPS) is 10.9. The molecule has 0 aliphatic carbocycles. The van der Waals surface area contributed by atoms with Crippen molar-refractivity contribution in [3.05, 3.63) is 59.4 Å². The number of carbonyl (C=O) groups is 2. The van der Waals surface area contributed by atoms with Crippen LogP contribution in [0.3, 0.4) is 0 Å². The van der Waals surface area contributed by atoms with Gasteiger partial charge in [0.15, 0.2) is 6.61 Å². The van der Waals surface area contributed by atoms with Crippen LogP contribution in [-0.2, 0) is 19.6 Å². The number of hydrogen-bond donors (Lipinski definition) is 2. The van der Waals surface area contributed by atoms with Crippen molar-refractivity contribution in [2.24, 2.45) is 0 Å². The Labute approximate surface area is 150 Å². The number of ether oxygens (including phenoxy) is 1. The van der Waals surface area contributed by atoms with Gasteiger partial charge < -0.3 is 10.1 Å². The second kappa shape index (κ2) is 7.96. The topological polar surface area (TPSA) is 102 Å². The van der Waals surface area contributed by atoms with Crippen molar-refractivity contribution in [3.8, 4) is 0 Å². The molecular weight excluding hydrogens is 363 g/mol. The van der Waals surface area contributed by atoms with Crippen LogP contribution in [0, 0.1) is 12.7 Å². The fraction of sp³-hybridized carbons (Fsp3) is 0.176. The second-order valence-electron chi connectivity index (χ2n) is 5.51. The Morgan fingerprint density at radius 1 is 1.15 bits per heavy atom. The number of para-hydroxylation sites is 1. The number of sulfonamides is 1. The molecule has 2 aromatic carbocycles. The predicted octanol–water partition coefficient (Wildman–Crippen LogP) is 2.30. The van der Waals surface area contributed by atoms with Crippen LogP contribution in [0.15, 0.2) is 42.5 Å². The molecule has 0 unspecified atom stereocenters. The summed E-state index contributed by atoms with van der Waals surface area (Å²) in [6, 6.07) is 10.0. The van der Waals surface area contributed by atoms with Gasteiger partial charge in [-0.15, -0.1) is 0 Å². The Morgan fingerprint density at radius 3 is 2.50 bits per heavy atom. The minimum atomic E-state index is -3.59. The second-order valence-corrected chi connectivity index (χ2v) is 7.26. The van der Waals surface area contributed by atoms with Crippen LogP contribution in [0.2, 0.25) is 0 Å². The Bertz CT molecular complexity index is 944. The average molecular weight is 380 g/mol. The number of esters is 1. The lowest BCUT2D eigenvalue weighted by molar-refractivity contribution is -0.119. The third-order valence-corrected chi connectivity index (χ3v) is 3.82. The molecule has 138 valence electrons. The summed E-state index contributed by atoms with van der Waals surface area (Å²) in [6.45, 7) is 0.978. The highest BCUT2D eigenvalue weighted by atomic mass is 32.2. The summed E-state index contributed by atoms with van der Waals surface area (Å²) in [6.07, 6.45) is 0.948. The third kappa shape index (κ3) is 5.55. The zero-order chi connectivity index (χ0) is 19.3. The van der Waals surface area contributed by atoms with Gasteiger partial charge in [-0.25, -0.2) is 17.6 Å². The number of halogens is 1. The fourth-order valence-corrected chi connectivity index (χ4v) is 2.60. The molecule has 1 amide bonds. The van der Waals surface area contributed by atoms with Crippen molar-refractivity contribution < 1.29 is 27.1 Å². The summed E-state index contributed by atoms with van der Waals surface area (Å²) in [5.74, 6) is -2.00. The van der Waals surface area contributed by atoms with Gasteiger partial charge in [0, 0.05) is 5.69 Å². The molecule has 2 rings (SSSR count). The summed E-state index contributed by atoms with van der Waals surface area (Å²) in [5, 5.41) is 2.40. The van der Waals surface area contributed by atoms with E-state index in [0.29, 0.717) is 5.56 Å². The number of aryl methyl sites for hydroxylation is 1. The monoisotopic (exact) mass is 380 g/mol. The van der Waals surface area contributed by atoms with E-state index in [9.17, 15) is 22.4 Å². The number of amides is 1. The molecule has 2 aromatic rings. The highest BCUT2D eigenvalue weighted by Crippen LogP contribution is 2.17.